The number of aliphatic hydroxyl groups is 1. The zero-order chi connectivity index (χ0) is 11.2. The third kappa shape index (κ3) is 1.50. The number of aryl methyl sites for hydroxylation is 3. The first kappa shape index (κ1) is 10.7. The largest absolute Gasteiger partial charge is 0.395 e. The molecule has 0 aliphatic heterocycles. The van der Waals surface area contributed by atoms with E-state index in [0.29, 0.717) is 12.5 Å². The monoisotopic (exact) mass is 204 g/mol. The van der Waals surface area contributed by atoms with Crippen LogP contribution in [0.5, 0.6) is 0 Å². The number of benzene rings is 1. The molecule has 2 unspecified atom stereocenters. The summed E-state index contributed by atoms with van der Waals surface area (Å²) < 4.78 is 0. The molecule has 1 heteroatoms. The number of hydrogen-bond donors (Lipinski definition) is 1. The molecule has 0 amide bonds. The van der Waals surface area contributed by atoms with Crippen LogP contribution in [0.2, 0.25) is 0 Å². The van der Waals surface area contributed by atoms with Gasteiger partial charge in [-0.25, -0.2) is 0 Å². The summed E-state index contributed by atoms with van der Waals surface area (Å²) in [5.41, 5.74) is 5.46. The maximum Gasteiger partial charge on any atom is 0.0530 e. The lowest BCUT2D eigenvalue weighted by Crippen LogP contribution is -2.18. The van der Waals surface area contributed by atoms with Crippen LogP contribution in [0, 0.1) is 26.7 Å². The van der Waals surface area contributed by atoms with Crippen LogP contribution in [0.3, 0.4) is 0 Å². The van der Waals surface area contributed by atoms with Crippen molar-refractivity contribution in [2.24, 2.45) is 5.92 Å². The third-order valence-corrected chi connectivity index (χ3v) is 3.91. The summed E-state index contributed by atoms with van der Waals surface area (Å²) in [5.74, 6) is 0.627. The van der Waals surface area contributed by atoms with E-state index in [-0.39, 0.29) is 5.41 Å². The van der Waals surface area contributed by atoms with Gasteiger partial charge in [0.05, 0.1) is 6.61 Å². The summed E-state index contributed by atoms with van der Waals surface area (Å²) in [6, 6.07) is 4.45. The van der Waals surface area contributed by atoms with Crippen molar-refractivity contribution in [2.75, 3.05) is 6.61 Å². The van der Waals surface area contributed by atoms with E-state index in [9.17, 15) is 5.11 Å². The van der Waals surface area contributed by atoms with Crippen molar-refractivity contribution in [3.05, 3.63) is 34.4 Å². The van der Waals surface area contributed by atoms with Crippen LogP contribution in [0.4, 0.5) is 0 Å². The van der Waals surface area contributed by atoms with Crippen LogP contribution >= 0.6 is 0 Å². The van der Waals surface area contributed by atoms with E-state index in [0.717, 1.165) is 6.42 Å². The molecule has 2 atom stereocenters. The van der Waals surface area contributed by atoms with Crippen molar-refractivity contribution in [3.8, 4) is 0 Å². The van der Waals surface area contributed by atoms with E-state index in [4.69, 9.17) is 0 Å². The molecule has 15 heavy (non-hydrogen) atoms. The fourth-order valence-corrected chi connectivity index (χ4v) is 3.10. The zero-order valence-electron chi connectivity index (χ0n) is 10.1. The first-order valence-corrected chi connectivity index (χ1v) is 5.70. The minimum atomic E-state index is 0.0713. The highest BCUT2D eigenvalue weighted by Gasteiger charge is 2.53. The average molecular weight is 204 g/mol. The normalized spacial score (nSPS) is 29.3. The van der Waals surface area contributed by atoms with Gasteiger partial charge in [-0.05, 0) is 49.8 Å². The van der Waals surface area contributed by atoms with Gasteiger partial charge in [0.1, 0.15) is 0 Å². The van der Waals surface area contributed by atoms with Crippen LogP contribution in [0.1, 0.15) is 35.6 Å². The molecule has 1 aromatic rings. The maximum absolute atomic E-state index is 9.60. The van der Waals surface area contributed by atoms with Gasteiger partial charge >= 0.3 is 0 Å². The summed E-state index contributed by atoms with van der Waals surface area (Å²) in [5, 5.41) is 9.60. The first-order chi connectivity index (χ1) is 7.01. The number of aliphatic hydroxyl groups excluding tert-OH is 1. The van der Waals surface area contributed by atoms with E-state index in [2.05, 4.69) is 39.8 Å². The van der Waals surface area contributed by atoms with Gasteiger partial charge in [-0.1, -0.05) is 24.6 Å². The van der Waals surface area contributed by atoms with Gasteiger partial charge in [0.2, 0.25) is 0 Å². The molecule has 0 bridgehead atoms. The van der Waals surface area contributed by atoms with Gasteiger partial charge in [0, 0.05) is 5.41 Å². The van der Waals surface area contributed by atoms with Crippen molar-refractivity contribution >= 4 is 0 Å². The summed E-state index contributed by atoms with van der Waals surface area (Å²) in [7, 11) is 0. The Labute approximate surface area is 92.1 Å². The van der Waals surface area contributed by atoms with Gasteiger partial charge in [0.25, 0.3) is 0 Å². The van der Waals surface area contributed by atoms with E-state index in [1.54, 1.807) is 0 Å². The van der Waals surface area contributed by atoms with Crippen LogP contribution in [0.25, 0.3) is 0 Å². The van der Waals surface area contributed by atoms with Gasteiger partial charge < -0.3 is 5.11 Å². The van der Waals surface area contributed by atoms with E-state index >= 15 is 0 Å². The highest BCUT2D eigenvalue weighted by atomic mass is 16.3. The molecule has 0 aromatic heterocycles. The summed E-state index contributed by atoms with van der Waals surface area (Å²) in [4.78, 5) is 0. The highest BCUT2D eigenvalue weighted by Crippen LogP contribution is 2.55. The quantitative estimate of drug-likeness (QED) is 0.785. The SMILES string of the molecule is Cc1cc(C)c(C2(CO)CC2C)c(C)c1. The second-order valence-electron chi connectivity index (χ2n) is 5.19. The molecule has 0 radical (unpaired) electrons. The van der Waals surface area contributed by atoms with Gasteiger partial charge in [0.15, 0.2) is 0 Å². The fraction of sp³-hybridized carbons (Fsp3) is 0.571. The van der Waals surface area contributed by atoms with Gasteiger partial charge in [-0.3, -0.25) is 0 Å². The standard InChI is InChI=1S/C14H20O/c1-9-5-10(2)13(11(3)6-9)14(8-15)7-12(14)4/h5-6,12,15H,7-8H2,1-4H3. The molecule has 0 spiro atoms. The average Bonchev–Trinajstić information content (AvgIpc) is 2.76. The summed E-state index contributed by atoms with van der Waals surface area (Å²) in [6.07, 6.45) is 1.13. The fourth-order valence-electron chi connectivity index (χ4n) is 3.10. The van der Waals surface area contributed by atoms with Crippen molar-refractivity contribution in [3.63, 3.8) is 0 Å². The Morgan fingerprint density at radius 3 is 2.07 bits per heavy atom. The number of rotatable bonds is 2. The third-order valence-electron chi connectivity index (χ3n) is 3.91. The molecule has 1 fully saturated rings. The Bertz CT molecular complexity index is 367. The first-order valence-electron chi connectivity index (χ1n) is 5.70. The Hall–Kier alpha value is -0.820. The van der Waals surface area contributed by atoms with Gasteiger partial charge in [-0.2, -0.15) is 0 Å². The predicted molar refractivity (Wildman–Crippen MR) is 63.2 cm³/mol. The van der Waals surface area contributed by atoms with E-state index < -0.39 is 0 Å². The molecular weight excluding hydrogens is 184 g/mol. The molecule has 0 heterocycles. The van der Waals surface area contributed by atoms with Crippen molar-refractivity contribution in [1.82, 2.24) is 0 Å². The Kier molecular flexibility index (Phi) is 2.38. The van der Waals surface area contributed by atoms with Crippen LogP contribution < -0.4 is 0 Å². The molecule has 1 aromatic carbocycles. The smallest absolute Gasteiger partial charge is 0.0530 e. The molecule has 0 saturated heterocycles. The maximum atomic E-state index is 9.60. The Morgan fingerprint density at radius 1 is 1.27 bits per heavy atom. The number of hydrogen-bond acceptors (Lipinski definition) is 1. The topological polar surface area (TPSA) is 20.2 Å². The van der Waals surface area contributed by atoms with E-state index in [1.807, 2.05) is 0 Å². The molecule has 2 rings (SSSR count). The van der Waals surface area contributed by atoms with Crippen molar-refractivity contribution in [2.45, 2.75) is 39.5 Å². The molecule has 1 aliphatic rings. The second-order valence-corrected chi connectivity index (χ2v) is 5.19. The summed E-state index contributed by atoms with van der Waals surface area (Å²) in [6.45, 7) is 8.98. The molecule has 1 N–H and O–H groups in total. The van der Waals surface area contributed by atoms with Gasteiger partial charge in [-0.15, -0.1) is 0 Å². The lowest BCUT2D eigenvalue weighted by atomic mass is 9.86. The molecule has 1 saturated carbocycles. The molecule has 1 aliphatic carbocycles. The van der Waals surface area contributed by atoms with Crippen molar-refractivity contribution < 1.29 is 5.11 Å². The van der Waals surface area contributed by atoms with Crippen LogP contribution in [0.15, 0.2) is 12.1 Å². The van der Waals surface area contributed by atoms with E-state index in [1.165, 1.54) is 22.3 Å². The minimum Gasteiger partial charge on any atom is -0.395 e. The Morgan fingerprint density at radius 2 is 1.73 bits per heavy atom. The molecule has 1 nitrogen and oxygen atoms in total. The van der Waals surface area contributed by atoms with Crippen LogP contribution in [-0.4, -0.2) is 11.7 Å². The lowest BCUT2D eigenvalue weighted by molar-refractivity contribution is 0.246. The lowest BCUT2D eigenvalue weighted by Gasteiger charge is -2.20. The van der Waals surface area contributed by atoms with Crippen LogP contribution in [-0.2, 0) is 5.41 Å². The zero-order valence-corrected chi connectivity index (χ0v) is 10.1. The summed E-state index contributed by atoms with van der Waals surface area (Å²) >= 11 is 0. The predicted octanol–water partition coefficient (Wildman–Crippen LogP) is 2.88. The minimum absolute atomic E-state index is 0.0713. The Balaban J connectivity index is 2.54. The molecule has 82 valence electrons. The molecular formula is C14H20O. The highest BCUT2D eigenvalue weighted by molar-refractivity contribution is 5.46. The van der Waals surface area contributed by atoms with Crippen molar-refractivity contribution in [1.29, 1.82) is 0 Å². The second kappa shape index (κ2) is 3.34.